The first-order chi connectivity index (χ1) is 9.86. The molecule has 1 N–H and O–H groups in total. The minimum absolute atomic E-state index is 0.150. The van der Waals surface area contributed by atoms with E-state index in [1.54, 1.807) is 7.05 Å². The van der Waals surface area contributed by atoms with Crippen LogP contribution in [0.1, 0.15) is 49.8 Å². The molecule has 5 heteroatoms. The summed E-state index contributed by atoms with van der Waals surface area (Å²) in [6.07, 6.45) is -0.416. The van der Waals surface area contributed by atoms with Crippen LogP contribution in [0.5, 0.6) is 0 Å². The molecule has 0 saturated heterocycles. The monoisotopic (exact) mass is 303 g/mol. The van der Waals surface area contributed by atoms with Crippen LogP contribution < -0.4 is 5.32 Å². The summed E-state index contributed by atoms with van der Waals surface area (Å²) in [5.41, 5.74) is -0.654. The molecule has 0 aliphatic heterocycles. The second-order valence-electron chi connectivity index (χ2n) is 5.85. The molecular weight excluding hydrogens is 282 g/mol. The number of alkyl halides is 3. The molecule has 1 aromatic rings. The Bertz CT molecular complexity index is 484. The zero-order valence-corrected chi connectivity index (χ0v) is 12.3. The lowest BCUT2D eigenvalue weighted by atomic mass is 9.89. The summed E-state index contributed by atoms with van der Waals surface area (Å²) in [6, 6.07) is 3.19. The average molecular weight is 303 g/mol. The molecule has 2 rings (SSSR count). The maximum Gasteiger partial charge on any atom is 0.419 e. The molecule has 0 amide bonds. The highest BCUT2D eigenvalue weighted by molar-refractivity contribution is 5.30. The first-order valence-corrected chi connectivity index (χ1v) is 7.40. The van der Waals surface area contributed by atoms with Gasteiger partial charge in [0.25, 0.3) is 0 Å². The zero-order valence-electron chi connectivity index (χ0n) is 12.3. The van der Waals surface area contributed by atoms with Gasteiger partial charge in [0.15, 0.2) is 0 Å². The molecule has 1 nitrogen and oxygen atoms in total. The highest BCUT2D eigenvalue weighted by atomic mass is 19.4. The fourth-order valence-corrected chi connectivity index (χ4v) is 3.42. The molecule has 118 valence electrons. The summed E-state index contributed by atoms with van der Waals surface area (Å²) in [7, 11) is 1.75. The first kappa shape index (κ1) is 16.3. The summed E-state index contributed by atoms with van der Waals surface area (Å²) in [4.78, 5) is 0. The summed E-state index contributed by atoms with van der Waals surface area (Å²) >= 11 is 0. The lowest BCUT2D eigenvalue weighted by molar-refractivity contribution is -0.140. The van der Waals surface area contributed by atoms with E-state index in [4.69, 9.17) is 0 Å². The normalized spacial score (nSPS) is 24.3. The topological polar surface area (TPSA) is 12.0 Å². The van der Waals surface area contributed by atoms with Crippen molar-refractivity contribution in [2.75, 3.05) is 7.05 Å². The van der Waals surface area contributed by atoms with Gasteiger partial charge >= 0.3 is 6.18 Å². The molecule has 1 aliphatic rings. The molecule has 0 radical (unpaired) electrons. The number of rotatable bonds is 4. The summed E-state index contributed by atoms with van der Waals surface area (Å²) in [5, 5.41) is 3.11. The van der Waals surface area contributed by atoms with Crippen molar-refractivity contribution < 1.29 is 17.6 Å². The summed E-state index contributed by atoms with van der Waals surface area (Å²) in [5.74, 6) is -0.251. The minimum atomic E-state index is -4.65. The van der Waals surface area contributed by atoms with Gasteiger partial charge in [0.2, 0.25) is 0 Å². The smallest absolute Gasteiger partial charge is 0.313 e. The summed E-state index contributed by atoms with van der Waals surface area (Å²) < 4.78 is 51.9. The highest BCUT2D eigenvalue weighted by Crippen LogP contribution is 2.41. The molecule has 0 heterocycles. The van der Waals surface area contributed by atoms with Crippen LogP contribution in [0.25, 0.3) is 0 Å². The molecule has 21 heavy (non-hydrogen) atoms. The number of benzene rings is 1. The predicted octanol–water partition coefficient (Wildman–Crippen LogP) is 4.93. The largest absolute Gasteiger partial charge is 0.419 e. The van der Waals surface area contributed by atoms with Crippen LogP contribution >= 0.6 is 0 Å². The van der Waals surface area contributed by atoms with E-state index in [1.165, 1.54) is 6.07 Å². The van der Waals surface area contributed by atoms with Gasteiger partial charge in [-0.1, -0.05) is 25.8 Å². The third-order valence-electron chi connectivity index (χ3n) is 4.60. The van der Waals surface area contributed by atoms with Gasteiger partial charge in [0.05, 0.1) is 5.56 Å². The van der Waals surface area contributed by atoms with Crippen LogP contribution in [0.3, 0.4) is 0 Å². The van der Waals surface area contributed by atoms with E-state index >= 15 is 0 Å². The van der Waals surface area contributed by atoms with Gasteiger partial charge in [-0.15, -0.1) is 0 Å². The Kier molecular flexibility index (Phi) is 4.91. The second kappa shape index (κ2) is 6.34. The van der Waals surface area contributed by atoms with Crippen LogP contribution in [-0.4, -0.2) is 7.05 Å². The molecule has 1 saturated carbocycles. The van der Waals surface area contributed by atoms with Crippen molar-refractivity contribution in [1.82, 2.24) is 5.32 Å². The molecule has 3 unspecified atom stereocenters. The van der Waals surface area contributed by atoms with E-state index in [2.05, 4.69) is 12.2 Å². The van der Waals surface area contributed by atoms with E-state index < -0.39 is 17.6 Å². The van der Waals surface area contributed by atoms with Gasteiger partial charge in [-0.25, -0.2) is 4.39 Å². The fourth-order valence-electron chi connectivity index (χ4n) is 3.42. The van der Waals surface area contributed by atoms with Crippen LogP contribution in [-0.2, 0) is 6.18 Å². The van der Waals surface area contributed by atoms with Gasteiger partial charge in [0.1, 0.15) is 5.82 Å². The molecule has 1 aliphatic carbocycles. The van der Waals surface area contributed by atoms with Crippen LogP contribution in [0.15, 0.2) is 18.2 Å². The van der Waals surface area contributed by atoms with Gasteiger partial charge < -0.3 is 5.32 Å². The van der Waals surface area contributed by atoms with Crippen molar-refractivity contribution in [3.05, 3.63) is 35.1 Å². The SMILES string of the molecule is CCC1CCC(C(NC)c2ccc(F)c(C(F)(F)F)c2)C1. The maximum absolute atomic E-state index is 13.4. The Morgan fingerprint density at radius 1 is 1.29 bits per heavy atom. The van der Waals surface area contributed by atoms with Crippen LogP contribution in [0.2, 0.25) is 0 Å². The van der Waals surface area contributed by atoms with Crippen molar-refractivity contribution >= 4 is 0 Å². The van der Waals surface area contributed by atoms with Gasteiger partial charge in [-0.05, 0) is 49.4 Å². The number of hydrogen-bond donors (Lipinski definition) is 1. The third kappa shape index (κ3) is 3.57. The summed E-state index contributed by atoms with van der Waals surface area (Å²) in [6.45, 7) is 2.14. The van der Waals surface area contributed by atoms with Crippen molar-refractivity contribution in [2.45, 2.75) is 44.8 Å². The maximum atomic E-state index is 13.4. The number of hydrogen-bond acceptors (Lipinski definition) is 1. The van der Waals surface area contributed by atoms with Crippen LogP contribution in [0, 0.1) is 17.7 Å². The molecule has 0 aromatic heterocycles. The van der Waals surface area contributed by atoms with E-state index in [-0.39, 0.29) is 6.04 Å². The van der Waals surface area contributed by atoms with Gasteiger partial charge in [0, 0.05) is 6.04 Å². The quantitative estimate of drug-likeness (QED) is 0.778. The highest BCUT2D eigenvalue weighted by Gasteiger charge is 2.36. The van der Waals surface area contributed by atoms with E-state index in [1.807, 2.05) is 0 Å². The lowest BCUT2D eigenvalue weighted by Gasteiger charge is -2.25. The Morgan fingerprint density at radius 3 is 2.52 bits per heavy atom. The average Bonchev–Trinajstić information content (AvgIpc) is 2.89. The Morgan fingerprint density at radius 2 is 2.00 bits per heavy atom. The Labute approximate surface area is 122 Å². The number of halogens is 4. The standard InChI is InChI=1S/C16H21F4N/c1-3-10-4-5-11(8-10)15(21-2)12-6-7-14(17)13(9-12)16(18,19)20/h6-7,9-11,15,21H,3-5,8H2,1-2H3. The zero-order chi connectivity index (χ0) is 15.6. The fraction of sp³-hybridized carbons (Fsp3) is 0.625. The Hall–Kier alpha value is -1.10. The predicted molar refractivity (Wildman–Crippen MR) is 74.3 cm³/mol. The van der Waals surface area contributed by atoms with Gasteiger partial charge in [-0.3, -0.25) is 0 Å². The second-order valence-corrected chi connectivity index (χ2v) is 5.85. The van der Waals surface area contributed by atoms with Gasteiger partial charge in [-0.2, -0.15) is 13.2 Å². The molecule has 0 bridgehead atoms. The van der Waals surface area contributed by atoms with Crippen molar-refractivity contribution in [3.8, 4) is 0 Å². The van der Waals surface area contributed by atoms with Crippen molar-refractivity contribution in [2.24, 2.45) is 11.8 Å². The van der Waals surface area contributed by atoms with E-state index in [0.29, 0.717) is 17.4 Å². The van der Waals surface area contributed by atoms with E-state index in [0.717, 1.165) is 37.8 Å². The molecular formula is C16H21F4N. The molecule has 0 spiro atoms. The third-order valence-corrected chi connectivity index (χ3v) is 4.60. The number of nitrogens with one attached hydrogen (secondary N) is 1. The van der Waals surface area contributed by atoms with Crippen molar-refractivity contribution in [1.29, 1.82) is 0 Å². The molecule has 1 aromatic carbocycles. The van der Waals surface area contributed by atoms with Crippen LogP contribution in [0.4, 0.5) is 17.6 Å². The molecule has 3 atom stereocenters. The van der Waals surface area contributed by atoms with E-state index in [9.17, 15) is 17.6 Å². The first-order valence-electron chi connectivity index (χ1n) is 7.40. The Balaban J connectivity index is 2.27. The minimum Gasteiger partial charge on any atom is -0.313 e. The van der Waals surface area contributed by atoms with Crippen molar-refractivity contribution in [3.63, 3.8) is 0 Å². The molecule has 1 fully saturated rings. The lowest BCUT2D eigenvalue weighted by Crippen LogP contribution is -2.24.